The van der Waals surface area contributed by atoms with E-state index < -0.39 is 4.92 Å². The number of fused-ring (bicyclic) bond motifs is 2. The SMILES string of the molecule is O=[N+]([O-])c1c(Nc2cccc3ncccc23)ncnc1N1CCN(Cc2ccc3c(c2)OCO3)CC1. The van der Waals surface area contributed by atoms with E-state index in [-0.39, 0.29) is 18.3 Å². The van der Waals surface area contributed by atoms with Crippen molar-refractivity contribution in [2.75, 3.05) is 43.2 Å². The highest BCUT2D eigenvalue weighted by atomic mass is 16.7. The molecule has 0 radical (unpaired) electrons. The van der Waals surface area contributed by atoms with E-state index in [2.05, 4.69) is 25.2 Å². The Morgan fingerprint density at radius 1 is 0.972 bits per heavy atom. The molecule has 0 amide bonds. The lowest BCUT2D eigenvalue weighted by molar-refractivity contribution is -0.383. The van der Waals surface area contributed by atoms with Gasteiger partial charge in [0.05, 0.1) is 10.4 Å². The fourth-order valence-corrected chi connectivity index (χ4v) is 4.62. The summed E-state index contributed by atoms with van der Waals surface area (Å²) in [4.78, 5) is 28.9. The van der Waals surface area contributed by atoms with Crippen molar-refractivity contribution in [1.82, 2.24) is 19.9 Å². The molecule has 1 fully saturated rings. The predicted molar refractivity (Wildman–Crippen MR) is 134 cm³/mol. The second-order valence-electron chi connectivity index (χ2n) is 8.60. The van der Waals surface area contributed by atoms with Gasteiger partial charge in [0.25, 0.3) is 0 Å². The molecule has 0 unspecified atom stereocenters. The molecule has 4 aromatic rings. The number of ether oxygens (including phenoxy) is 2. The van der Waals surface area contributed by atoms with E-state index in [1.54, 1.807) is 6.20 Å². The highest BCUT2D eigenvalue weighted by Gasteiger charge is 2.29. The number of aromatic nitrogens is 3. The number of rotatable bonds is 6. The summed E-state index contributed by atoms with van der Waals surface area (Å²) < 4.78 is 10.9. The molecule has 11 nitrogen and oxygen atoms in total. The molecule has 2 aromatic heterocycles. The number of nitrogens with zero attached hydrogens (tertiary/aromatic N) is 6. The highest BCUT2D eigenvalue weighted by Crippen LogP contribution is 2.36. The van der Waals surface area contributed by atoms with Crippen molar-refractivity contribution in [2.45, 2.75) is 6.54 Å². The maximum absolute atomic E-state index is 12.2. The average molecular weight is 486 g/mol. The molecule has 0 saturated carbocycles. The van der Waals surface area contributed by atoms with Crippen LogP contribution in [0.3, 0.4) is 0 Å². The summed E-state index contributed by atoms with van der Waals surface area (Å²) in [5, 5.41) is 16.2. The average Bonchev–Trinajstić information content (AvgIpc) is 3.37. The third-order valence-corrected chi connectivity index (χ3v) is 6.40. The molecular weight excluding hydrogens is 462 g/mol. The number of nitro groups is 1. The number of piperazine rings is 1. The molecule has 0 atom stereocenters. The first-order valence-corrected chi connectivity index (χ1v) is 11.6. The van der Waals surface area contributed by atoms with Gasteiger partial charge in [0.2, 0.25) is 18.4 Å². The summed E-state index contributed by atoms with van der Waals surface area (Å²) in [6.07, 6.45) is 3.08. The Morgan fingerprint density at radius 3 is 2.69 bits per heavy atom. The zero-order valence-corrected chi connectivity index (χ0v) is 19.3. The van der Waals surface area contributed by atoms with Crippen LogP contribution in [0.5, 0.6) is 11.5 Å². The second-order valence-corrected chi connectivity index (χ2v) is 8.60. The summed E-state index contributed by atoms with van der Waals surface area (Å²) in [5.74, 6) is 2.01. The minimum atomic E-state index is -0.417. The zero-order valence-electron chi connectivity index (χ0n) is 19.3. The Kier molecular flexibility index (Phi) is 5.66. The molecule has 36 heavy (non-hydrogen) atoms. The Balaban J connectivity index is 1.20. The van der Waals surface area contributed by atoms with E-state index in [1.807, 2.05) is 53.4 Å². The summed E-state index contributed by atoms with van der Waals surface area (Å²) in [6.45, 7) is 3.72. The number of pyridine rings is 1. The quantitative estimate of drug-likeness (QED) is 0.320. The Labute approximate surface area is 206 Å². The predicted octanol–water partition coefficient (Wildman–Crippen LogP) is 3.73. The van der Waals surface area contributed by atoms with Gasteiger partial charge in [0, 0.05) is 50.0 Å². The lowest BCUT2D eigenvalue weighted by Crippen LogP contribution is -2.46. The number of nitrogens with one attached hydrogen (secondary N) is 1. The van der Waals surface area contributed by atoms with Crippen LogP contribution in [0.2, 0.25) is 0 Å². The Bertz CT molecular complexity index is 1430. The van der Waals surface area contributed by atoms with Crippen LogP contribution in [-0.2, 0) is 6.54 Å². The Hall–Kier alpha value is -4.51. The standard InChI is InChI=1S/C25H23N7O4/c33-32(34)23-24(29-20-5-1-4-19-18(20)3-2-8-26-19)27-15-28-25(23)31-11-9-30(10-12-31)14-17-6-7-21-22(13-17)36-16-35-21/h1-8,13,15H,9-12,14,16H2,(H,27,28,29). The van der Waals surface area contributed by atoms with Gasteiger partial charge < -0.3 is 19.7 Å². The van der Waals surface area contributed by atoms with E-state index in [0.717, 1.165) is 47.6 Å². The van der Waals surface area contributed by atoms with Gasteiger partial charge in [-0.2, -0.15) is 0 Å². The van der Waals surface area contributed by atoms with Crippen molar-refractivity contribution in [3.8, 4) is 11.5 Å². The summed E-state index contributed by atoms with van der Waals surface area (Å²) in [7, 11) is 0. The van der Waals surface area contributed by atoms with Gasteiger partial charge in [-0.1, -0.05) is 12.1 Å². The van der Waals surface area contributed by atoms with Crippen LogP contribution in [0, 0.1) is 10.1 Å². The number of anilines is 3. The van der Waals surface area contributed by atoms with Crippen LogP contribution >= 0.6 is 0 Å². The number of hydrogen-bond donors (Lipinski definition) is 1. The molecule has 0 bridgehead atoms. The van der Waals surface area contributed by atoms with E-state index >= 15 is 0 Å². The first-order chi connectivity index (χ1) is 17.7. The molecule has 2 aliphatic rings. The minimum Gasteiger partial charge on any atom is -0.454 e. The highest BCUT2D eigenvalue weighted by molar-refractivity contribution is 5.93. The zero-order chi connectivity index (χ0) is 24.5. The van der Waals surface area contributed by atoms with Crippen molar-refractivity contribution >= 4 is 33.9 Å². The van der Waals surface area contributed by atoms with Crippen LogP contribution < -0.4 is 19.7 Å². The van der Waals surface area contributed by atoms with Gasteiger partial charge in [-0.15, -0.1) is 0 Å². The third kappa shape index (κ3) is 4.20. The first-order valence-electron chi connectivity index (χ1n) is 11.6. The van der Waals surface area contributed by atoms with Gasteiger partial charge in [0.15, 0.2) is 11.5 Å². The van der Waals surface area contributed by atoms with Crippen LogP contribution in [0.4, 0.5) is 23.0 Å². The topological polar surface area (TPSA) is 119 Å². The molecule has 1 saturated heterocycles. The normalized spacial score (nSPS) is 15.3. The van der Waals surface area contributed by atoms with Gasteiger partial charge in [0.1, 0.15) is 6.33 Å². The fourth-order valence-electron chi connectivity index (χ4n) is 4.62. The molecule has 182 valence electrons. The first kappa shape index (κ1) is 22.0. The van der Waals surface area contributed by atoms with E-state index in [4.69, 9.17) is 9.47 Å². The van der Waals surface area contributed by atoms with Crippen LogP contribution in [0.25, 0.3) is 10.9 Å². The number of benzene rings is 2. The van der Waals surface area contributed by atoms with E-state index in [9.17, 15) is 10.1 Å². The van der Waals surface area contributed by atoms with Crippen molar-refractivity contribution in [3.05, 3.63) is 76.7 Å². The molecule has 2 aliphatic heterocycles. The monoisotopic (exact) mass is 485 g/mol. The van der Waals surface area contributed by atoms with Crippen molar-refractivity contribution in [1.29, 1.82) is 0 Å². The molecule has 0 spiro atoms. The van der Waals surface area contributed by atoms with Crippen molar-refractivity contribution in [2.24, 2.45) is 0 Å². The lowest BCUT2D eigenvalue weighted by Gasteiger charge is -2.35. The third-order valence-electron chi connectivity index (χ3n) is 6.40. The van der Waals surface area contributed by atoms with Crippen LogP contribution in [0.15, 0.2) is 61.1 Å². The fraction of sp³-hybridized carbons (Fsp3) is 0.240. The largest absolute Gasteiger partial charge is 0.454 e. The van der Waals surface area contributed by atoms with E-state index in [0.29, 0.717) is 24.6 Å². The second kappa shape index (κ2) is 9.27. The number of hydrogen-bond acceptors (Lipinski definition) is 10. The molecular formula is C25H23N7O4. The van der Waals surface area contributed by atoms with E-state index in [1.165, 1.54) is 6.33 Å². The maximum Gasteiger partial charge on any atom is 0.353 e. The smallest absolute Gasteiger partial charge is 0.353 e. The van der Waals surface area contributed by atoms with Gasteiger partial charge in [-0.25, -0.2) is 9.97 Å². The summed E-state index contributed by atoms with van der Waals surface area (Å²) in [5.41, 5.74) is 2.49. The van der Waals surface area contributed by atoms with Crippen LogP contribution in [-0.4, -0.2) is 57.7 Å². The maximum atomic E-state index is 12.2. The minimum absolute atomic E-state index is 0.136. The van der Waals surface area contributed by atoms with Crippen LogP contribution in [0.1, 0.15) is 5.56 Å². The van der Waals surface area contributed by atoms with Crippen molar-refractivity contribution in [3.63, 3.8) is 0 Å². The molecule has 1 N–H and O–H groups in total. The molecule has 4 heterocycles. The van der Waals surface area contributed by atoms with Crippen molar-refractivity contribution < 1.29 is 14.4 Å². The van der Waals surface area contributed by atoms with Gasteiger partial charge >= 0.3 is 5.69 Å². The molecule has 2 aromatic carbocycles. The Morgan fingerprint density at radius 2 is 1.83 bits per heavy atom. The molecule has 0 aliphatic carbocycles. The van der Waals surface area contributed by atoms with Gasteiger partial charge in [-0.05, 0) is 42.0 Å². The lowest BCUT2D eigenvalue weighted by atomic mass is 10.1. The molecule has 11 heteroatoms. The summed E-state index contributed by atoms with van der Waals surface area (Å²) >= 11 is 0. The molecule has 6 rings (SSSR count). The summed E-state index contributed by atoms with van der Waals surface area (Å²) in [6, 6.07) is 15.3. The van der Waals surface area contributed by atoms with Gasteiger partial charge in [-0.3, -0.25) is 20.0 Å².